The zero-order valence-corrected chi connectivity index (χ0v) is 13.1. The van der Waals surface area contributed by atoms with Gasteiger partial charge in [0.25, 0.3) is 0 Å². The third kappa shape index (κ3) is 3.46. The SMILES string of the molecule is CC(C)c1ccc(CN2C[C@H]3CCCC(=O)N[C@H]3C2)cc1. The predicted octanol–water partition coefficient (Wildman–Crippen LogP) is 2.91. The quantitative estimate of drug-likeness (QED) is 0.926. The molecule has 21 heavy (non-hydrogen) atoms. The van der Waals surface area contributed by atoms with E-state index in [-0.39, 0.29) is 5.91 Å². The average molecular weight is 286 g/mol. The lowest BCUT2D eigenvalue weighted by Crippen LogP contribution is -2.38. The van der Waals surface area contributed by atoms with Gasteiger partial charge in [0.05, 0.1) is 0 Å². The monoisotopic (exact) mass is 286 g/mol. The van der Waals surface area contributed by atoms with Crippen molar-refractivity contribution >= 4 is 5.91 Å². The summed E-state index contributed by atoms with van der Waals surface area (Å²) in [5.41, 5.74) is 2.78. The van der Waals surface area contributed by atoms with E-state index in [0.29, 0.717) is 24.3 Å². The van der Waals surface area contributed by atoms with E-state index in [4.69, 9.17) is 0 Å². The van der Waals surface area contributed by atoms with Crippen LogP contribution >= 0.6 is 0 Å². The van der Waals surface area contributed by atoms with E-state index in [2.05, 4.69) is 48.3 Å². The Bertz CT molecular complexity index is 494. The number of rotatable bonds is 3. The molecule has 1 aromatic rings. The van der Waals surface area contributed by atoms with Crippen molar-refractivity contribution in [3.8, 4) is 0 Å². The second kappa shape index (κ2) is 6.18. The van der Waals surface area contributed by atoms with Crippen molar-refractivity contribution in [1.82, 2.24) is 10.2 Å². The Hall–Kier alpha value is -1.35. The first-order valence-corrected chi connectivity index (χ1v) is 8.22. The van der Waals surface area contributed by atoms with E-state index in [1.807, 2.05) is 0 Å². The van der Waals surface area contributed by atoms with Gasteiger partial charge >= 0.3 is 0 Å². The van der Waals surface area contributed by atoms with Crippen LogP contribution in [0.3, 0.4) is 0 Å². The molecule has 0 radical (unpaired) electrons. The van der Waals surface area contributed by atoms with E-state index < -0.39 is 0 Å². The Balaban J connectivity index is 1.60. The van der Waals surface area contributed by atoms with Gasteiger partial charge in [-0.05, 0) is 35.8 Å². The lowest BCUT2D eigenvalue weighted by atomic mass is 9.99. The molecule has 1 aromatic carbocycles. The van der Waals surface area contributed by atoms with Crippen molar-refractivity contribution in [2.24, 2.45) is 5.92 Å². The van der Waals surface area contributed by atoms with Crippen molar-refractivity contribution in [3.63, 3.8) is 0 Å². The van der Waals surface area contributed by atoms with Gasteiger partial charge < -0.3 is 5.32 Å². The zero-order valence-electron chi connectivity index (χ0n) is 13.1. The summed E-state index contributed by atoms with van der Waals surface area (Å²) in [7, 11) is 0. The van der Waals surface area contributed by atoms with Crippen LogP contribution in [-0.4, -0.2) is 29.9 Å². The summed E-state index contributed by atoms with van der Waals surface area (Å²) in [4.78, 5) is 14.2. The second-order valence-corrected chi connectivity index (χ2v) is 6.92. The number of nitrogens with zero attached hydrogens (tertiary/aromatic N) is 1. The fraction of sp³-hybridized carbons (Fsp3) is 0.611. The number of carbonyl (C=O) groups is 1. The van der Waals surface area contributed by atoms with Gasteiger partial charge in [0.2, 0.25) is 5.91 Å². The summed E-state index contributed by atoms with van der Waals surface area (Å²) in [5, 5.41) is 3.20. The maximum Gasteiger partial charge on any atom is 0.220 e. The molecule has 2 heterocycles. The van der Waals surface area contributed by atoms with Gasteiger partial charge in [0.15, 0.2) is 0 Å². The Labute approximate surface area is 127 Å². The average Bonchev–Trinajstić information content (AvgIpc) is 2.72. The first kappa shape index (κ1) is 14.6. The summed E-state index contributed by atoms with van der Waals surface area (Å²) >= 11 is 0. The van der Waals surface area contributed by atoms with Crippen LogP contribution in [0.1, 0.15) is 50.2 Å². The highest BCUT2D eigenvalue weighted by molar-refractivity contribution is 5.76. The van der Waals surface area contributed by atoms with Crippen LogP contribution < -0.4 is 5.32 Å². The number of nitrogens with one attached hydrogen (secondary N) is 1. The third-order valence-electron chi connectivity index (χ3n) is 4.89. The van der Waals surface area contributed by atoms with E-state index in [1.165, 1.54) is 17.5 Å². The van der Waals surface area contributed by atoms with Crippen molar-refractivity contribution in [2.75, 3.05) is 13.1 Å². The Morgan fingerprint density at radius 3 is 2.71 bits per heavy atom. The molecular formula is C18H26N2O. The lowest BCUT2D eigenvalue weighted by molar-refractivity contribution is -0.121. The molecule has 0 bridgehead atoms. The number of fused-ring (bicyclic) bond motifs is 1. The molecule has 2 aliphatic rings. The standard InChI is InChI=1S/C18H26N2O/c1-13(2)15-8-6-14(7-9-15)10-20-11-16-4-3-5-18(21)19-17(16)12-20/h6-9,13,16-17H,3-5,10-12H2,1-2H3,(H,19,21)/t16-,17+/m1/s1. The summed E-state index contributed by atoms with van der Waals surface area (Å²) in [5.74, 6) is 1.48. The van der Waals surface area contributed by atoms with Gasteiger partial charge in [-0.2, -0.15) is 0 Å². The molecular weight excluding hydrogens is 260 g/mol. The summed E-state index contributed by atoms with van der Waals surface area (Å²) in [6.07, 6.45) is 2.94. The number of carbonyl (C=O) groups excluding carboxylic acids is 1. The smallest absolute Gasteiger partial charge is 0.220 e. The van der Waals surface area contributed by atoms with Gasteiger partial charge in [0.1, 0.15) is 0 Å². The van der Waals surface area contributed by atoms with Crippen LogP contribution in [0.15, 0.2) is 24.3 Å². The highest BCUT2D eigenvalue weighted by Crippen LogP contribution is 2.26. The van der Waals surface area contributed by atoms with Gasteiger partial charge in [-0.3, -0.25) is 9.69 Å². The fourth-order valence-electron chi connectivity index (χ4n) is 3.62. The maximum absolute atomic E-state index is 11.7. The molecule has 114 valence electrons. The molecule has 3 rings (SSSR count). The first-order valence-electron chi connectivity index (χ1n) is 8.22. The van der Waals surface area contributed by atoms with Crippen LogP contribution in [0.5, 0.6) is 0 Å². The minimum atomic E-state index is 0.241. The number of hydrogen-bond donors (Lipinski definition) is 1. The van der Waals surface area contributed by atoms with Gasteiger partial charge in [0, 0.05) is 32.1 Å². The van der Waals surface area contributed by atoms with Crippen molar-refractivity contribution in [2.45, 2.75) is 51.6 Å². The first-order chi connectivity index (χ1) is 10.1. The van der Waals surface area contributed by atoms with E-state index in [1.54, 1.807) is 0 Å². The van der Waals surface area contributed by atoms with Gasteiger partial charge in [-0.15, -0.1) is 0 Å². The second-order valence-electron chi connectivity index (χ2n) is 6.92. The molecule has 0 unspecified atom stereocenters. The molecule has 1 amide bonds. The Morgan fingerprint density at radius 1 is 1.24 bits per heavy atom. The topological polar surface area (TPSA) is 32.3 Å². The molecule has 3 heteroatoms. The highest BCUT2D eigenvalue weighted by Gasteiger charge is 2.34. The van der Waals surface area contributed by atoms with Crippen LogP contribution in [0.4, 0.5) is 0 Å². The molecule has 3 nitrogen and oxygen atoms in total. The summed E-state index contributed by atoms with van der Waals surface area (Å²) in [6, 6.07) is 9.37. The molecule has 2 aliphatic heterocycles. The largest absolute Gasteiger partial charge is 0.352 e. The zero-order chi connectivity index (χ0) is 14.8. The third-order valence-corrected chi connectivity index (χ3v) is 4.89. The molecule has 0 aromatic heterocycles. The summed E-state index contributed by atoms with van der Waals surface area (Å²) in [6.45, 7) is 7.58. The van der Waals surface area contributed by atoms with E-state index in [9.17, 15) is 4.79 Å². The molecule has 2 saturated heterocycles. The van der Waals surface area contributed by atoms with Crippen LogP contribution in [-0.2, 0) is 11.3 Å². The predicted molar refractivity (Wildman–Crippen MR) is 85.1 cm³/mol. The van der Waals surface area contributed by atoms with E-state index in [0.717, 1.165) is 26.1 Å². The van der Waals surface area contributed by atoms with Crippen LogP contribution in [0, 0.1) is 5.92 Å². The Kier molecular flexibility index (Phi) is 4.29. The molecule has 1 N–H and O–H groups in total. The molecule has 2 atom stereocenters. The number of benzene rings is 1. The van der Waals surface area contributed by atoms with E-state index >= 15 is 0 Å². The normalized spacial score (nSPS) is 26.5. The van der Waals surface area contributed by atoms with Crippen molar-refractivity contribution in [1.29, 1.82) is 0 Å². The fourth-order valence-corrected chi connectivity index (χ4v) is 3.62. The maximum atomic E-state index is 11.7. The number of likely N-dealkylation sites (tertiary alicyclic amines) is 1. The minimum Gasteiger partial charge on any atom is -0.352 e. The van der Waals surface area contributed by atoms with Gasteiger partial charge in [-0.1, -0.05) is 38.1 Å². The summed E-state index contributed by atoms with van der Waals surface area (Å²) < 4.78 is 0. The Morgan fingerprint density at radius 2 is 2.00 bits per heavy atom. The molecule has 0 spiro atoms. The van der Waals surface area contributed by atoms with Crippen molar-refractivity contribution in [3.05, 3.63) is 35.4 Å². The van der Waals surface area contributed by atoms with Crippen LogP contribution in [0.25, 0.3) is 0 Å². The van der Waals surface area contributed by atoms with Crippen LogP contribution in [0.2, 0.25) is 0 Å². The molecule has 0 saturated carbocycles. The lowest BCUT2D eigenvalue weighted by Gasteiger charge is -2.17. The highest BCUT2D eigenvalue weighted by atomic mass is 16.1. The number of amides is 1. The van der Waals surface area contributed by atoms with Crippen molar-refractivity contribution < 1.29 is 4.79 Å². The number of hydrogen-bond acceptors (Lipinski definition) is 2. The van der Waals surface area contributed by atoms with Gasteiger partial charge in [-0.25, -0.2) is 0 Å². The minimum absolute atomic E-state index is 0.241. The molecule has 0 aliphatic carbocycles. The molecule has 2 fully saturated rings.